The molecule has 0 aliphatic carbocycles. The van der Waals surface area contributed by atoms with Gasteiger partial charge in [0.05, 0.1) is 6.61 Å². The van der Waals surface area contributed by atoms with Crippen LogP contribution in [0.5, 0.6) is 0 Å². The van der Waals surface area contributed by atoms with Gasteiger partial charge in [0, 0.05) is 16.5 Å². The predicted octanol–water partition coefficient (Wildman–Crippen LogP) is -0.464. The van der Waals surface area contributed by atoms with Crippen molar-refractivity contribution in [3.05, 3.63) is 0 Å². The maximum atomic E-state index is 13.6. The Labute approximate surface area is 94.1 Å². The minimum atomic E-state index is -2.09. The maximum Gasteiger partial charge on any atom is 0.303 e. The summed E-state index contributed by atoms with van der Waals surface area (Å²) in [5.41, 5.74) is 0. The molecule has 1 unspecified atom stereocenters. The average Bonchev–Trinajstić information content (AvgIpc) is 2.37. The van der Waals surface area contributed by atoms with E-state index < -0.39 is 50.4 Å². The fourth-order valence-electron chi connectivity index (χ4n) is 1.31. The van der Waals surface area contributed by atoms with Gasteiger partial charge in [0.25, 0.3) is 0 Å². The number of alkyl halides is 1. The second-order valence-corrected chi connectivity index (χ2v) is 3.15. The van der Waals surface area contributed by atoms with E-state index in [4.69, 9.17) is 7.85 Å². The molecule has 0 radical (unpaired) electrons. The molecule has 1 saturated heterocycles. The minimum Gasteiger partial charge on any atom is -0.456 e. The quantitative estimate of drug-likeness (QED) is 0.655. The van der Waals surface area contributed by atoms with Crippen LogP contribution in [-0.4, -0.2) is 48.3 Å². The van der Waals surface area contributed by atoms with Gasteiger partial charge < -0.3 is 19.3 Å². The van der Waals surface area contributed by atoms with Gasteiger partial charge in [-0.15, -0.1) is 0 Å². The zero-order chi connectivity index (χ0) is 13.7. The van der Waals surface area contributed by atoms with Crippen LogP contribution in [0.3, 0.4) is 0 Å². The molecule has 7 heteroatoms. The molecule has 0 bridgehead atoms. The Hall–Kier alpha value is -1.21. The van der Waals surface area contributed by atoms with Crippen LogP contribution < -0.4 is 0 Å². The molecule has 0 aromatic heterocycles. The van der Waals surface area contributed by atoms with Gasteiger partial charge in [-0.3, -0.25) is 9.59 Å². The third-order valence-electron chi connectivity index (χ3n) is 1.93. The van der Waals surface area contributed by atoms with E-state index in [1.165, 1.54) is 0 Å². The Bertz CT molecular complexity index is 315. The first kappa shape index (κ1) is 9.98. The van der Waals surface area contributed by atoms with Crippen LogP contribution in [0.4, 0.5) is 4.39 Å². The van der Waals surface area contributed by atoms with E-state index in [9.17, 15) is 14.0 Å². The summed E-state index contributed by atoms with van der Waals surface area (Å²) in [4.78, 5) is 21.9. The number of halogens is 1. The summed E-state index contributed by atoms with van der Waals surface area (Å²) < 4.78 is 41.0. The summed E-state index contributed by atoms with van der Waals surface area (Å²) in [5.74, 6) is -1.94. The lowest BCUT2D eigenvalue weighted by atomic mass is 10.1. The molecule has 1 heterocycles. The van der Waals surface area contributed by atoms with Crippen LogP contribution in [0, 0.1) is 0 Å². The Morgan fingerprint density at radius 2 is 2.06 bits per heavy atom. The third kappa shape index (κ3) is 3.14. The lowest BCUT2D eigenvalue weighted by molar-refractivity contribution is -0.246. The summed E-state index contributed by atoms with van der Waals surface area (Å²) in [5, 5.41) is 9.13. The van der Waals surface area contributed by atoms with Gasteiger partial charge in [0.15, 0.2) is 24.7 Å². The van der Waals surface area contributed by atoms with Crippen LogP contribution in [-0.2, 0) is 23.8 Å². The molecule has 1 rings (SSSR count). The van der Waals surface area contributed by atoms with Gasteiger partial charge in [-0.2, -0.15) is 0 Å². The van der Waals surface area contributed by atoms with Gasteiger partial charge >= 0.3 is 11.9 Å². The van der Waals surface area contributed by atoms with E-state index in [0.29, 0.717) is 0 Å². The highest BCUT2D eigenvalue weighted by atomic mass is 19.1. The van der Waals surface area contributed by atoms with Crippen molar-refractivity contribution in [3.63, 3.8) is 0 Å². The number of carbonyl (C=O) groups excluding carboxylic acids is 2. The van der Waals surface area contributed by atoms with E-state index in [1.54, 1.807) is 0 Å². The molecule has 0 amide bonds. The van der Waals surface area contributed by atoms with Crippen molar-refractivity contribution >= 4 is 11.9 Å². The zero-order valence-corrected chi connectivity index (χ0v) is 8.30. The summed E-state index contributed by atoms with van der Waals surface area (Å²) >= 11 is 0. The highest BCUT2D eigenvalue weighted by Gasteiger charge is 2.44. The molecule has 4 atom stereocenters. The van der Waals surface area contributed by atoms with E-state index in [0.717, 1.165) is 0 Å². The fraction of sp³-hybridized carbons (Fsp3) is 0.778. The first-order chi connectivity index (χ1) is 8.49. The zero-order valence-electron chi connectivity index (χ0n) is 10.3. The molecule has 0 aromatic rings. The van der Waals surface area contributed by atoms with Crippen LogP contribution in [0.25, 0.3) is 0 Å². The molecule has 1 N–H and O–H groups in total. The monoisotopic (exact) mass is 238 g/mol. The molecule has 0 spiro atoms. The van der Waals surface area contributed by atoms with E-state index in [1.807, 2.05) is 0 Å². The van der Waals surface area contributed by atoms with Crippen molar-refractivity contribution in [1.29, 1.82) is 0 Å². The molecular formula is C9H13FO6. The van der Waals surface area contributed by atoms with Crippen LogP contribution in [0.2, 0.25) is 0 Å². The SMILES string of the molecule is [2H]CC(=O)O[C@H]1[C@H](F)C(O)OC[C@H]1OC(=O)C[2H]. The lowest BCUT2D eigenvalue weighted by Crippen LogP contribution is -2.54. The average molecular weight is 238 g/mol. The number of carbonyl (C=O) groups is 2. The van der Waals surface area contributed by atoms with Crippen molar-refractivity contribution in [2.75, 3.05) is 6.61 Å². The summed E-state index contributed by atoms with van der Waals surface area (Å²) in [6.07, 6.45) is -6.66. The van der Waals surface area contributed by atoms with Crippen molar-refractivity contribution in [2.45, 2.75) is 38.5 Å². The molecule has 1 fully saturated rings. The number of hydrogen-bond acceptors (Lipinski definition) is 6. The van der Waals surface area contributed by atoms with E-state index in [2.05, 4.69) is 14.2 Å². The van der Waals surface area contributed by atoms with Crippen molar-refractivity contribution < 1.29 is 36.0 Å². The second-order valence-electron chi connectivity index (χ2n) is 3.15. The lowest BCUT2D eigenvalue weighted by Gasteiger charge is -2.35. The standard InChI is InChI=1S/C9H13FO6/c1-4(11)15-6-3-14-9(13)7(10)8(6)16-5(2)12/h6-9,13H,3H2,1-2H3/t6-,7+,8-,9?/m1/s1/i1D,2D. The number of ether oxygens (including phenoxy) is 3. The third-order valence-corrected chi connectivity index (χ3v) is 1.93. The fourth-order valence-corrected chi connectivity index (χ4v) is 1.31. The highest BCUT2D eigenvalue weighted by molar-refractivity contribution is 5.67. The van der Waals surface area contributed by atoms with E-state index in [-0.39, 0.29) is 6.61 Å². The Balaban J connectivity index is 2.72. The number of hydrogen-bond donors (Lipinski definition) is 1. The summed E-state index contributed by atoms with van der Waals surface area (Å²) in [6, 6.07) is 0. The van der Waals surface area contributed by atoms with Gasteiger partial charge in [-0.05, 0) is 0 Å². The topological polar surface area (TPSA) is 82.1 Å². The number of rotatable bonds is 2. The van der Waals surface area contributed by atoms with Gasteiger partial charge in [-0.25, -0.2) is 4.39 Å². The predicted molar refractivity (Wildman–Crippen MR) is 48.0 cm³/mol. The molecule has 16 heavy (non-hydrogen) atoms. The highest BCUT2D eigenvalue weighted by Crippen LogP contribution is 2.22. The largest absolute Gasteiger partial charge is 0.456 e. The Kier molecular flexibility index (Phi) is 3.25. The van der Waals surface area contributed by atoms with Crippen molar-refractivity contribution in [2.24, 2.45) is 0 Å². The molecular weight excluding hydrogens is 223 g/mol. The number of aliphatic hydroxyl groups is 1. The second kappa shape index (κ2) is 5.22. The first-order valence-electron chi connectivity index (χ1n) is 5.82. The van der Waals surface area contributed by atoms with E-state index >= 15 is 0 Å². The van der Waals surface area contributed by atoms with Crippen molar-refractivity contribution in [3.8, 4) is 0 Å². The van der Waals surface area contributed by atoms with Gasteiger partial charge in [0.1, 0.15) is 0 Å². The minimum absolute atomic E-state index is 0.358. The van der Waals surface area contributed by atoms with Crippen molar-refractivity contribution in [1.82, 2.24) is 0 Å². The maximum absolute atomic E-state index is 13.6. The first-order valence-corrected chi connectivity index (χ1v) is 4.40. The van der Waals surface area contributed by atoms with Gasteiger partial charge in [0.2, 0.25) is 0 Å². The smallest absolute Gasteiger partial charge is 0.303 e. The normalized spacial score (nSPS) is 35.9. The molecule has 1 aliphatic heterocycles. The van der Waals surface area contributed by atoms with Crippen LogP contribution in [0.15, 0.2) is 0 Å². The van der Waals surface area contributed by atoms with Crippen LogP contribution in [0.1, 0.15) is 16.5 Å². The van der Waals surface area contributed by atoms with Gasteiger partial charge in [-0.1, -0.05) is 0 Å². The summed E-state index contributed by atoms with van der Waals surface area (Å²) in [7, 11) is 0. The molecule has 1 aliphatic rings. The Morgan fingerprint density at radius 1 is 1.44 bits per heavy atom. The number of esters is 2. The molecule has 0 saturated carbocycles. The molecule has 92 valence electrons. The Morgan fingerprint density at radius 3 is 2.69 bits per heavy atom. The number of aliphatic hydroxyl groups excluding tert-OH is 1. The molecule has 0 aromatic carbocycles. The van der Waals surface area contributed by atoms with Crippen LogP contribution >= 0.6 is 0 Å². The summed E-state index contributed by atoms with van der Waals surface area (Å²) in [6.45, 7) is -1.75. The molecule has 6 nitrogen and oxygen atoms in total.